The summed E-state index contributed by atoms with van der Waals surface area (Å²) in [5.74, 6) is -102. The first-order valence-electron chi connectivity index (χ1n) is 18.2. The molecule has 3 N–H and O–H groups in total. The summed E-state index contributed by atoms with van der Waals surface area (Å²) in [5, 5.41) is -25.0. The van der Waals surface area contributed by atoms with E-state index < -0.39 is 234 Å². The van der Waals surface area contributed by atoms with Crippen molar-refractivity contribution in [2.24, 2.45) is 0 Å². The van der Waals surface area contributed by atoms with E-state index >= 15 is 87.8 Å². The van der Waals surface area contributed by atoms with Gasteiger partial charge in [0.2, 0.25) is 0 Å². The zero-order valence-electron chi connectivity index (χ0n) is 32.9. The van der Waals surface area contributed by atoms with Crippen molar-refractivity contribution in [2.45, 2.75) is 0 Å². The molecule has 0 radical (unpaired) electrons. The minimum absolute atomic E-state index is 1.75. The van der Waals surface area contributed by atoms with Crippen LogP contribution in [-0.2, 0) is 0 Å². The molecule has 0 atom stereocenters. The monoisotopic (exact) mass is 1060 g/mol. The van der Waals surface area contributed by atoms with Crippen LogP contribution in [0.15, 0.2) is 0 Å². The van der Waals surface area contributed by atoms with Gasteiger partial charge in [0.15, 0.2) is 116 Å². The zero-order valence-corrected chi connectivity index (χ0v) is 32.9. The molecule has 0 spiro atoms. The molecular weight excluding hydrogens is 1050 g/mol. The number of fused-ring (bicyclic) bond motifs is 4. The predicted molar refractivity (Wildman–Crippen MR) is 188 cm³/mol. The van der Waals surface area contributed by atoms with Gasteiger partial charge in [0.05, 0.1) is 50.1 Å². The van der Waals surface area contributed by atoms with Gasteiger partial charge in [-0.05, 0) is 0 Å². The van der Waals surface area contributed by atoms with Crippen LogP contribution in [0.4, 0.5) is 123 Å². The fourth-order valence-electron chi connectivity index (χ4n) is 8.40. The fraction of sp³-hybridized carbons (Fsp3) is 0.0244. The SMILES string of the molecule is C[NH3+].Fc1c(F)c(F)c2c(F)c([B-](c3c(F)c(F)c4c(F)c(F)c(F)c(F)c4c3F)(c3c(F)c(F)c4c(F)c(F)c(F)c(F)c4c3F)c3c(F)c(F)c4c(F)c(F)c(F)c(F)c4c3F)c(F)c(F)c2c1F. The van der Waals surface area contributed by atoms with Crippen molar-refractivity contribution in [2.75, 3.05) is 7.05 Å². The van der Waals surface area contributed by atoms with E-state index in [1.807, 2.05) is 0 Å². The first kappa shape index (κ1) is 51.7. The van der Waals surface area contributed by atoms with Gasteiger partial charge in [-0.3, -0.25) is 0 Å². The molecule has 71 heavy (non-hydrogen) atoms. The van der Waals surface area contributed by atoms with Gasteiger partial charge < -0.3 is 5.73 Å². The van der Waals surface area contributed by atoms with Crippen LogP contribution in [-0.4, -0.2) is 13.2 Å². The second-order valence-electron chi connectivity index (χ2n) is 14.3. The average molecular weight is 1060 g/mol. The third kappa shape index (κ3) is 6.26. The highest BCUT2D eigenvalue weighted by atomic mass is 19.2. The van der Waals surface area contributed by atoms with E-state index in [0.717, 1.165) is 0 Å². The number of quaternary nitrogens is 1. The standard InChI is InChI=1S/C40BF28.CH5N/c42-13-1-5(25(54)37(66)33(62)21(1)50)17(46)29(58)9(13)41(10-14(43)2-6(18(47)30(10)59)26(55)38(67)34(63)22(2)51,11-15(44)3-7(19(48)31(11)60)27(56)39(68)35(64)23(3)52)12-16(45)4-8(20(49)32(12)61)28(57)40(69)36(65)24(4)53;1-2/h;2H2,1H3/q-1;/p+1. The van der Waals surface area contributed by atoms with Crippen molar-refractivity contribution < 1.29 is 129 Å². The van der Waals surface area contributed by atoms with Crippen molar-refractivity contribution in [3.8, 4) is 0 Å². The lowest BCUT2D eigenvalue weighted by atomic mass is 9.12. The Morgan fingerprint density at radius 3 is 0.380 bits per heavy atom. The normalized spacial score (nSPS) is 12.1. The van der Waals surface area contributed by atoms with E-state index in [-0.39, 0.29) is 0 Å². The summed E-state index contributed by atoms with van der Waals surface area (Å²) in [6, 6.07) is 0. The van der Waals surface area contributed by atoms with E-state index in [2.05, 4.69) is 5.73 Å². The molecule has 0 saturated heterocycles. The summed E-state index contributed by atoms with van der Waals surface area (Å²) in [7, 11) is 1.75. The van der Waals surface area contributed by atoms with Crippen molar-refractivity contribution >= 4 is 71.1 Å². The second-order valence-corrected chi connectivity index (χ2v) is 14.3. The molecule has 0 aliphatic heterocycles. The van der Waals surface area contributed by atoms with E-state index in [0.29, 0.717) is 0 Å². The first-order chi connectivity index (χ1) is 33.0. The molecule has 0 aliphatic rings. The number of hydrogen-bond acceptors (Lipinski definition) is 0. The third-order valence-corrected chi connectivity index (χ3v) is 11.2. The van der Waals surface area contributed by atoms with E-state index in [4.69, 9.17) is 0 Å². The molecule has 0 amide bonds. The van der Waals surface area contributed by atoms with Gasteiger partial charge in [0.1, 0.15) is 52.7 Å². The Kier molecular flexibility index (Phi) is 12.4. The summed E-state index contributed by atoms with van der Waals surface area (Å²) in [5.41, 5.74) is -12.6. The molecular formula is C41H6BF28N. The van der Waals surface area contributed by atoms with Crippen LogP contribution in [0.1, 0.15) is 0 Å². The highest BCUT2D eigenvalue weighted by molar-refractivity contribution is 7.20. The van der Waals surface area contributed by atoms with Gasteiger partial charge in [0, 0.05) is 0 Å². The molecule has 8 rings (SSSR count). The van der Waals surface area contributed by atoms with Crippen molar-refractivity contribution in [1.82, 2.24) is 0 Å². The maximum Gasteiger partial charge on any atom is 0.198 e. The van der Waals surface area contributed by atoms with Crippen LogP contribution in [0.3, 0.4) is 0 Å². The highest BCUT2D eigenvalue weighted by Crippen LogP contribution is 2.41. The Morgan fingerprint density at radius 1 is 0.155 bits per heavy atom. The topological polar surface area (TPSA) is 27.6 Å². The molecule has 0 unspecified atom stereocenters. The minimum atomic E-state index is -7.99. The summed E-state index contributed by atoms with van der Waals surface area (Å²) in [4.78, 5) is 0. The van der Waals surface area contributed by atoms with Crippen LogP contribution < -0.4 is 27.6 Å². The van der Waals surface area contributed by atoms with Crippen LogP contribution in [0.5, 0.6) is 0 Å². The number of halogens is 28. The van der Waals surface area contributed by atoms with Gasteiger partial charge >= 0.3 is 0 Å². The second kappa shape index (κ2) is 17.0. The predicted octanol–water partition coefficient (Wildman–Crippen LogP) is 10.4. The molecule has 1 nitrogen and oxygen atoms in total. The Bertz CT molecular complexity index is 3290. The van der Waals surface area contributed by atoms with Crippen LogP contribution in [0.25, 0.3) is 43.1 Å². The Hall–Kier alpha value is -7.14. The van der Waals surface area contributed by atoms with Crippen molar-refractivity contribution in [3.63, 3.8) is 0 Å². The minimum Gasteiger partial charge on any atom is -0.360 e. The van der Waals surface area contributed by atoms with E-state index in [1.165, 1.54) is 0 Å². The number of benzene rings is 8. The average Bonchev–Trinajstić information content (AvgIpc) is 3.33. The molecule has 8 aromatic carbocycles. The maximum atomic E-state index is 17.4. The molecule has 0 bridgehead atoms. The van der Waals surface area contributed by atoms with Gasteiger partial charge in [-0.2, -0.15) is 0 Å². The van der Waals surface area contributed by atoms with Gasteiger partial charge in [0.25, 0.3) is 0 Å². The number of rotatable bonds is 4. The zero-order chi connectivity index (χ0) is 53.6. The summed E-state index contributed by atoms with van der Waals surface area (Å²) in [6.07, 6.45) is -7.99. The largest absolute Gasteiger partial charge is 0.360 e. The lowest BCUT2D eigenvalue weighted by Crippen LogP contribution is -2.80. The molecule has 0 fully saturated rings. The molecule has 374 valence electrons. The molecule has 0 aromatic heterocycles. The lowest BCUT2D eigenvalue weighted by molar-refractivity contribution is -0.325. The summed E-state index contributed by atoms with van der Waals surface area (Å²) in [6.45, 7) is 0. The molecule has 30 heteroatoms. The Labute approximate surface area is 369 Å². The summed E-state index contributed by atoms with van der Waals surface area (Å²) >= 11 is 0. The molecule has 0 saturated carbocycles. The van der Waals surface area contributed by atoms with Crippen molar-refractivity contribution in [1.29, 1.82) is 0 Å². The molecule has 8 aromatic rings. The first-order valence-corrected chi connectivity index (χ1v) is 18.2. The molecule has 0 heterocycles. The smallest absolute Gasteiger partial charge is 0.198 e. The van der Waals surface area contributed by atoms with E-state index in [9.17, 15) is 35.1 Å². The van der Waals surface area contributed by atoms with Crippen LogP contribution >= 0.6 is 0 Å². The quantitative estimate of drug-likeness (QED) is 0.0788. The van der Waals surface area contributed by atoms with E-state index in [1.54, 1.807) is 7.05 Å². The van der Waals surface area contributed by atoms with Crippen LogP contribution in [0.2, 0.25) is 0 Å². The Morgan fingerprint density at radius 2 is 0.254 bits per heavy atom. The van der Waals surface area contributed by atoms with Crippen molar-refractivity contribution in [3.05, 3.63) is 163 Å². The summed E-state index contributed by atoms with van der Waals surface area (Å²) < 4.78 is 442. The highest BCUT2D eigenvalue weighted by Gasteiger charge is 2.52. The lowest BCUT2D eigenvalue weighted by Gasteiger charge is -2.45. The van der Waals surface area contributed by atoms with Crippen LogP contribution in [0, 0.1) is 163 Å². The molecule has 0 aliphatic carbocycles. The maximum absolute atomic E-state index is 17.4. The van der Waals surface area contributed by atoms with Gasteiger partial charge in [-0.15, -0.1) is 21.9 Å². The number of hydrogen-bond donors (Lipinski definition) is 1. The Balaban J connectivity index is 0.00000366. The fourth-order valence-corrected chi connectivity index (χ4v) is 8.40. The third-order valence-electron chi connectivity index (χ3n) is 11.2. The van der Waals surface area contributed by atoms with Gasteiger partial charge in [-0.1, -0.05) is 0 Å². The van der Waals surface area contributed by atoms with Gasteiger partial charge in [-0.25, -0.2) is 123 Å².